The van der Waals surface area contributed by atoms with E-state index in [0.29, 0.717) is 26.4 Å². The predicted octanol–water partition coefficient (Wildman–Crippen LogP) is 3.80. The van der Waals surface area contributed by atoms with Crippen molar-refractivity contribution in [1.29, 1.82) is 0 Å². The van der Waals surface area contributed by atoms with E-state index in [-0.39, 0.29) is 17.9 Å². The highest BCUT2D eigenvalue weighted by Gasteiger charge is 2.40. The Hall–Kier alpha value is -2.57. The van der Waals surface area contributed by atoms with Crippen LogP contribution < -0.4 is 0 Å². The maximum absolute atomic E-state index is 14.4. The van der Waals surface area contributed by atoms with Gasteiger partial charge in [-0.1, -0.05) is 72.8 Å². The van der Waals surface area contributed by atoms with Crippen LogP contribution in [0.1, 0.15) is 22.0 Å². The molecular formula is C27H30N2O3. The Balaban J connectivity index is 1.62. The summed E-state index contributed by atoms with van der Waals surface area (Å²) in [7, 11) is 0. The Bertz CT molecular complexity index is 1040. The van der Waals surface area contributed by atoms with Crippen LogP contribution in [-0.4, -0.2) is 74.2 Å². The zero-order chi connectivity index (χ0) is 21.8. The largest absolute Gasteiger partial charge is 0.379 e. The van der Waals surface area contributed by atoms with Crippen molar-refractivity contribution in [3.8, 4) is 0 Å². The molecule has 2 aliphatic rings. The van der Waals surface area contributed by atoms with Gasteiger partial charge in [0.15, 0.2) is 5.78 Å². The summed E-state index contributed by atoms with van der Waals surface area (Å²) in [6, 6.07) is 24.4. The molecule has 0 radical (unpaired) electrons. The van der Waals surface area contributed by atoms with Gasteiger partial charge in [-0.2, -0.15) is 0 Å². The maximum Gasteiger partial charge on any atom is 0.182 e. The van der Waals surface area contributed by atoms with Crippen molar-refractivity contribution < 1.29 is 14.3 Å². The summed E-state index contributed by atoms with van der Waals surface area (Å²) in [6.07, 6.45) is 0. The molecular weight excluding hydrogens is 400 g/mol. The molecule has 2 aliphatic heterocycles. The third-order valence-corrected chi connectivity index (χ3v) is 6.64. The Morgan fingerprint density at radius 3 is 2.00 bits per heavy atom. The molecule has 0 amide bonds. The van der Waals surface area contributed by atoms with Gasteiger partial charge in [-0.3, -0.25) is 14.6 Å². The predicted molar refractivity (Wildman–Crippen MR) is 126 cm³/mol. The second-order valence-electron chi connectivity index (χ2n) is 8.49. The van der Waals surface area contributed by atoms with Crippen molar-refractivity contribution in [3.05, 3.63) is 83.9 Å². The third-order valence-electron chi connectivity index (χ3n) is 6.64. The summed E-state index contributed by atoms with van der Waals surface area (Å²) >= 11 is 0. The second-order valence-corrected chi connectivity index (χ2v) is 8.49. The first-order valence-electron chi connectivity index (χ1n) is 11.5. The van der Waals surface area contributed by atoms with Crippen LogP contribution in [0.2, 0.25) is 0 Å². The van der Waals surface area contributed by atoms with Crippen LogP contribution in [0.4, 0.5) is 0 Å². The lowest BCUT2D eigenvalue weighted by Crippen LogP contribution is -2.55. The van der Waals surface area contributed by atoms with Crippen LogP contribution in [0.5, 0.6) is 0 Å². The van der Waals surface area contributed by atoms with Crippen LogP contribution in [0, 0.1) is 0 Å². The van der Waals surface area contributed by atoms with Crippen molar-refractivity contribution in [2.45, 2.75) is 12.1 Å². The molecule has 2 atom stereocenters. The lowest BCUT2D eigenvalue weighted by atomic mass is 9.88. The number of nitrogens with zero attached hydrogens (tertiary/aromatic N) is 2. The summed E-state index contributed by atoms with van der Waals surface area (Å²) in [6.45, 7) is 5.87. The van der Waals surface area contributed by atoms with E-state index in [1.54, 1.807) is 0 Å². The zero-order valence-electron chi connectivity index (χ0n) is 18.4. The molecule has 0 bridgehead atoms. The summed E-state index contributed by atoms with van der Waals surface area (Å²) in [5, 5.41) is 2.12. The number of morpholine rings is 2. The lowest BCUT2D eigenvalue weighted by molar-refractivity contribution is -0.0301. The Morgan fingerprint density at radius 1 is 0.688 bits per heavy atom. The molecule has 3 aromatic carbocycles. The van der Waals surface area contributed by atoms with Crippen LogP contribution in [0.3, 0.4) is 0 Å². The molecule has 0 unspecified atom stereocenters. The average Bonchev–Trinajstić information content (AvgIpc) is 2.88. The molecule has 3 aromatic rings. The van der Waals surface area contributed by atoms with E-state index < -0.39 is 0 Å². The van der Waals surface area contributed by atoms with Crippen LogP contribution >= 0.6 is 0 Å². The van der Waals surface area contributed by atoms with Gasteiger partial charge < -0.3 is 9.47 Å². The third kappa shape index (κ3) is 4.34. The van der Waals surface area contributed by atoms with Crippen molar-refractivity contribution in [3.63, 3.8) is 0 Å². The minimum absolute atomic E-state index is 0.0373. The number of carbonyl (C=O) groups excluding carboxylic acids is 1. The molecule has 0 N–H and O–H groups in total. The number of Topliss-reactive ketones (excluding diaryl/α,β-unsaturated/α-hetero) is 1. The number of ketones is 1. The lowest BCUT2D eigenvalue weighted by Gasteiger charge is -2.44. The fourth-order valence-corrected chi connectivity index (χ4v) is 5.06. The summed E-state index contributed by atoms with van der Waals surface area (Å²) in [5.74, 6) is 0.184. The van der Waals surface area contributed by atoms with Crippen molar-refractivity contribution >= 4 is 16.6 Å². The number of carbonyl (C=O) groups is 1. The van der Waals surface area contributed by atoms with Crippen LogP contribution in [-0.2, 0) is 9.47 Å². The molecule has 0 saturated carbocycles. The number of ether oxygens (including phenoxy) is 2. The molecule has 32 heavy (non-hydrogen) atoms. The SMILES string of the molecule is O=C(c1cccc2ccccc12)[C@@H]([C@H](c1ccccc1)N1CCOCC1)N1CCOCC1. The van der Waals surface area contributed by atoms with Gasteiger partial charge in [0.05, 0.1) is 38.5 Å². The smallest absolute Gasteiger partial charge is 0.182 e. The maximum atomic E-state index is 14.4. The zero-order valence-corrected chi connectivity index (χ0v) is 18.4. The highest BCUT2D eigenvalue weighted by Crippen LogP contribution is 2.33. The van der Waals surface area contributed by atoms with E-state index in [1.807, 2.05) is 30.3 Å². The van der Waals surface area contributed by atoms with Gasteiger partial charge in [0.2, 0.25) is 0 Å². The molecule has 5 heteroatoms. The first-order chi connectivity index (χ1) is 15.8. The quantitative estimate of drug-likeness (QED) is 0.557. The van der Waals surface area contributed by atoms with E-state index in [1.165, 1.54) is 5.56 Å². The molecule has 2 fully saturated rings. The molecule has 2 saturated heterocycles. The summed E-state index contributed by atoms with van der Waals surface area (Å²) in [5.41, 5.74) is 1.98. The van der Waals surface area contributed by atoms with Gasteiger partial charge >= 0.3 is 0 Å². The number of benzene rings is 3. The number of hydrogen-bond acceptors (Lipinski definition) is 5. The normalized spacial score (nSPS) is 20.1. The van der Waals surface area contributed by atoms with Gasteiger partial charge in [0.1, 0.15) is 0 Å². The first kappa shape index (κ1) is 21.3. The van der Waals surface area contributed by atoms with Crippen molar-refractivity contribution in [1.82, 2.24) is 9.80 Å². The van der Waals surface area contributed by atoms with Crippen LogP contribution in [0.25, 0.3) is 10.8 Å². The molecule has 5 rings (SSSR count). The van der Waals surface area contributed by atoms with Gasteiger partial charge in [-0.05, 0) is 16.3 Å². The molecule has 2 heterocycles. The fourth-order valence-electron chi connectivity index (χ4n) is 5.06. The Morgan fingerprint density at radius 2 is 1.28 bits per heavy atom. The molecule has 0 spiro atoms. The second kappa shape index (κ2) is 9.92. The average molecular weight is 431 g/mol. The molecule has 0 aliphatic carbocycles. The Kier molecular flexibility index (Phi) is 6.60. The van der Waals surface area contributed by atoms with Crippen LogP contribution in [0.15, 0.2) is 72.8 Å². The fraction of sp³-hybridized carbons (Fsp3) is 0.370. The molecule has 5 nitrogen and oxygen atoms in total. The number of rotatable bonds is 6. The van der Waals surface area contributed by atoms with E-state index in [2.05, 4.69) is 52.3 Å². The molecule has 166 valence electrons. The highest BCUT2D eigenvalue weighted by molar-refractivity contribution is 6.10. The van der Waals surface area contributed by atoms with Gasteiger partial charge in [-0.25, -0.2) is 0 Å². The topological polar surface area (TPSA) is 42.0 Å². The van der Waals surface area contributed by atoms with Gasteiger partial charge in [0, 0.05) is 31.7 Å². The van der Waals surface area contributed by atoms with Crippen molar-refractivity contribution in [2.24, 2.45) is 0 Å². The minimum atomic E-state index is -0.287. The van der Waals surface area contributed by atoms with Crippen molar-refractivity contribution in [2.75, 3.05) is 52.6 Å². The van der Waals surface area contributed by atoms with E-state index in [4.69, 9.17) is 9.47 Å². The standard InChI is InChI=1S/C27H30N2O3/c30-27(24-12-6-10-21-7-4-5-11-23(21)24)26(29-15-19-32-20-16-29)25(22-8-2-1-3-9-22)28-13-17-31-18-14-28/h1-12,25-26H,13-20H2/t25-,26+/m0/s1. The highest BCUT2D eigenvalue weighted by atomic mass is 16.5. The van der Waals surface area contributed by atoms with E-state index in [9.17, 15) is 4.79 Å². The molecule has 0 aromatic heterocycles. The van der Waals surface area contributed by atoms with E-state index >= 15 is 0 Å². The summed E-state index contributed by atoms with van der Waals surface area (Å²) < 4.78 is 11.3. The minimum Gasteiger partial charge on any atom is -0.379 e. The van der Waals surface area contributed by atoms with Gasteiger partial charge in [0.25, 0.3) is 0 Å². The first-order valence-corrected chi connectivity index (χ1v) is 11.5. The Labute approximate surface area is 189 Å². The monoisotopic (exact) mass is 430 g/mol. The number of fused-ring (bicyclic) bond motifs is 1. The summed E-state index contributed by atoms with van der Waals surface area (Å²) in [4.78, 5) is 19.1. The van der Waals surface area contributed by atoms with E-state index in [0.717, 1.165) is 42.5 Å². The number of hydrogen-bond donors (Lipinski definition) is 0. The van der Waals surface area contributed by atoms with Gasteiger partial charge in [-0.15, -0.1) is 0 Å².